The Bertz CT molecular complexity index is 366. The van der Waals surface area contributed by atoms with Gasteiger partial charge in [-0.05, 0) is 25.2 Å². The second kappa shape index (κ2) is 4.16. The van der Waals surface area contributed by atoms with Gasteiger partial charge in [-0.2, -0.15) is 0 Å². The predicted octanol–water partition coefficient (Wildman–Crippen LogP) is -0.253. The molecule has 0 atom stereocenters. The van der Waals surface area contributed by atoms with Crippen molar-refractivity contribution in [3.8, 4) is 0 Å². The molecular weight excluding hydrogens is 228 g/mol. The summed E-state index contributed by atoms with van der Waals surface area (Å²) in [6, 6.07) is 0. The van der Waals surface area contributed by atoms with Crippen LogP contribution < -0.4 is 0 Å². The monoisotopic (exact) mass is 241 g/mol. The van der Waals surface area contributed by atoms with Gasteiger partial charge < -0.3 is 4.55 Å². The second-order valence-corrected chi connectivity index (χ2v) is 7.47. The molecule has 1 aliphatic heterocycles. The molecule has 0 saturated carbocycles. The van der Waals surface area contributed by atoms with E-state index in [1.54, 1.807) is 0 Å². The standard InChI is InChI=1S/C7H14O5S2/c8-13(9)4-1-7(2-5-13)3-6-14(10,11)12/h7H,1-6H2,(H,10,11,12)/p-1. The van der Waals surface area contributed by atoms with Crippen LogP contribution in [0.1, 0.15) is 19.3 Å². The first-order valence-electron chi connectivity index (χ1n) is 4.42. The highest BCUT2D eigenvalue weighted by molar-refractivity contribution is 7.91. The molecule has 1 saturated heterocycles. The third-order valence-corrected chi connectivity index (χ3v) is 4.90. The topological polar surface area (TPSA) is 91.3 Å². The van der Waals surface area contributed by atoms with Crippen LogP contribution in [0.25, 0.3) is 0 Å². The van der Waals surface area contributed by atoms with Crippen LogP contribution in [0.15, 0.2) is 0 Å². The number of sulfone groups is 1. The zero-order valence-corrected chi connectivity index (χ0v) is 9.31. The average molecular weight is 241 g/mol. The third kappa shape index (κ3) is 4.39. The first kappa shape index (κ1) is 11.9. The van der Waals surface area contributed by atoms with Crippen LogP contribution in [0.5, 0.6) is 0 Å². The van der Waals surface area contributed by atoms with Gasteiger partial charge in [-0.1, -0.05) is 0 Å². The fourth-order valence-electron chi connectivity index (χ4n) is 1.54. The summed E-state index contributed by atoms with van der Waals surface area (Å²) in [7, 11) is -7.05. The lowest BCUT2D eigenvalue weighted by molar-refractivity contribution is 0.428. The molecule has 0 aromatic carbocycles. The van der Waals surface area contributed by atoms with Gasteiger partial charge >= 0.3 is 0 Å². The first-order chi connectivity index (χ1) is 6.29. The second-order valence-electron chi connectivity index (χ2n) is 3.65. The summed E-state index contributed by atoms with van der Waals surface area (Å²) in [5.74, 6) is -0.0625. The fourth-order valence-corrected chi connectivity index (χ4v) is 3.75. The number of hydrogen-bond acceptors (Lipinski definition) is 5. The van der Waals surface area contributed by atoms with E-state index in [0.29, 0.717) is 19.3 Å². The van der Waals surface area contributed by atoms with Crippen LogP contribution in [0.4, 0.5) is 0 Å². The SMILES string of the molecule is O=S(=O)([O-])CCC1CCS(=O)(=O)CC1. The zero-order chi connectivity index (χ0) is 10.8. The van der Waals surface area contributed by atoms with Crippen molar-refractivity contribution < 1.29 is 21.4 Å². The van der Waals surface area contributed by atoms with Crippen molar-refractivity contribution in [3.05, 3.63) is 0 Å². The summed E-state index contributed by atoms with van der Waals surface area (Å²) < 4.78 is 53.0. The molecule has 0 N–H and O–H groups in total. The van der Waals surface area contributed by atoms with Gasteiger partial charge in [0.1, 0.15) is 9.84 Å². The summed E-state index contributed by atoms with van der Waals surface area (Å²) in [5, 5.41) is 0. The maximum atomic E-state index is 11.0. The van der Waals surface area contributed by atoms with Gasteiger partial charge in [0.25, 0.3) is 0 Å². The Hall–Kier alpha value is -0.140. The van der Waals surface area contributed by atoms with E-state index < -0.39 is 20.0 Å². The van der Waals surface area contributed by atoms with Crippen LogP contribution in [-0.4, -0.2) is 38.6 Å². The van der Waals surface area contributed by atoms with Gasteiger partial charge in [0.2, 0.25) is 0 Å². The lowest BCUT2D eigenvalue weighted by Crippen LogP contribution is -2.24. The van der Waals surface area contributed by atoms with E-state index in [2.05, 4.69) is 0 Å². The smallest absolute Gasteiger partial charge is 0.150 e. The summed E-state index contributed by atoms with van der Waals surface area (Å²) in [5.41, 5.74) is 0. The Morgan fingerprint density at radius 3 is 2.14 bits per heavy atom. The normalized spacial score (nSPS) is 23.5. The molecule has 0 radical (unpaired) electrons. The minimum Gasteiger partial charge on any atom is -0.748 e. The maximum absolute atomic E-state index is 11.0. The fraction of sp³-hybridized carbons (Fsp3) is 1.00. The Labute approximate surface area is 84.2 Å². The van der Waals surface area contributed by atoms with Crippen LogP contribution in [0, 0.1) is 5.92 Å². The number of rotatable bonds is 3. The highest BCUT2D eigenvalue weighted by Gasteiger charge is 2.23. The molecule has 1 rings (SSSR count). The lowest BCUT2D eigenvalue weighted by atomic mass is 10.0. The Morgan fingerprint density at radius 2 is 1.71 bits per heavy atom. The largest absolute Gasteiger partial charge is 0.748 e. The van der Waals surface area contributed by atoms with E-state index >= 15 is 0 Å². The lowest BCUT2D eigenvalue weighted by Gasteiger charge is -2.22. The quantitative estimate of drug-likeness (QED) is 0.635. The van der Waals surface area contributed by atoms with Gasteiger partial charge in [-0.25, -0.2) is 16.8 Å². The Morgan fingerprint density at radius 1 is 1.21 bits per heavy atom. The van der Waals surface area contributed by atoms with E-state index in [-0.39, 0.29) is 23.2 Å². The maximum Gasteiger partial charge on any atom is 0.150 e. The molecule has 0 amide bonds. The molecule has 0 aromatic heterocycles. The Kier molecular flexibility index (Phi) is 3.54. The molecule has 0 spiro atoms. The van der Waals surface area contributed by atoms with E-state index in [1.807, 2.05) is 0 Å². The molecule has 5 nitrogen and oxygen atoms in total. The zero-order valence-electron chi connectivity index (χ0n) is 7.68. The minimum atomic E-state index is -4.15. The van der Waals surface area contributed by atoms with Crippen LogP contribution >= 0.6 is 0 Å². The summed E-state index contributed by atoms with van der Waals surface area (Å²) in [6.45, 7) is 0. The molecular formula is C7H13O5S2-. The number of hydrogen-bond donors (Lipinski definition) is 0. The summed E-state index contributed by atoms with van der Waals surface area (Å²) in [6.07, 6.45) is 1.26. The van der Waals surface area contributed by atoms with Gasteiger partial charge in [0.05, 0.1) is 21.6 Å². The van der Waals surface area contributed by atoms with E-state index in [1.165, 1.54) is 0 Å². The van der Waals surface area contributed by atoms with Crippen molar-refractivity contribution in [3.63, 3.8) is 0 Å². The first-order valence-corrected chi connectivity index (χ1v) is 7.82. The van der Waals surface area contributed by atoms with Crippen molar-refractivity contribution in [1.29, 1.82) is 0 Å². The van der Waals surface area contributed by atoms with Crippen molar-refractivity contribution in [2.45, 2.75) is 19.3 Å². The molecule has 1 heterocycles. The Balaban J connectivity index is 2.37. The molecule has 7 heteroatoms. The molecule has 0 aliphatic carbocycles. The van der Waals surface area contributed by atoms with E-state index in [9.17, 15) is 21.4 Å². The van der Waals surface area contributed by atoms with Gasteiger partial charge in [-0.3, -0.25) is 0 Å². The molecule has 0 unspecified atom stereocenters. The van der Waals surface area contributed by atoms with Crippen LogP contribution in [-0.2, 0) is 20.0 Å². The van der Waals surface area contributed by atoms with E-state index in [4.69, 9.17) is 0 Å². The van der Waals surface area contributed by atoms with Crippen LogP contribution in [0.3, 0.4) is 0 Å². The van der Waals surface area contributed by atoms with E-state index in [0.717, 1.165) is 0 Å². The molecule has 14 heavy (non-hydrogen) atoms. The summed E-state index contributed by atoms with van der Waals surface area (Å²) >= 11 is 0. The average Bonchev–Trinajstić information content (AvgIpc) is 2.01. The highest BCUT2D eigenvalue weighted by Crippen LogP contribution is 2.22. The van der Waals surface area contributed by atoms with Crippen molar-refractivity contribution in [1.82, 2.24) is 0 Å². The van der Waals surface area contributed by atoms with Crippen molar-refractivity contribution in [2.75, 3.05) is 17.3 Å². The predicted molar refractivity (Wildman–Crippen MR) is 50.6 cm³/mol. The van der Waals surface area contributed by atoms with Gasteiger partial charge in [-0.15, -0.1) is 0 Å². The van der Waals surface area contributed by atoms with Gasteiger partial charge in [0, 0.05) is 5.75 Å². The molecule has 1 aliphatic rings. The molecule has 1 fully saturated rings. The van der Waals surface area contributed by atoms with Crippen LogP contribution in [0.2, 0.25) is 0 Å². The molecule has 0 aromatic rings. The summed E-state index contributed by atoms with van der Waals surface area (Å²) in [4.78, 5) is 0. The van der Waals surface area contributed by atoms with Crippen molar-refractivity contribution in [2.24, 2.45) is 5.92 Å². The highest BCUT2D eigenvalue weighted by atomic mass is 32.2. The third-order valence-electron chi connectivity index (χ3n) is 2.45. The molecule has 0 bridgehead atoms. The van der Waals surface area contributed by atoms with Gasteiger partial charge in [0.15, 0.2) is 0 Å². The minimum absolute atomic E-state index is 0.0715. The molecule has 84 valence electrons. The van der Waals surface area contributed by atoms with Crippen molar-refractivity contribution >= 4 is 20.0 Å².